The Morgan fingerprint density at radius 3 is 2.71 bits per heavy atom. The summed E-state index contributed by atoms with van der Waals surface area (Å²) in [5.74, 6) is -0.594. The molecule has 2 aromatic rings. The molecule has 2 rings (SSSR count). The van der Waals surface area contributed by atoms with Crippen LogP contribution in [0, 0.1) is 12.7 Å². The third-order valence-corrected chi connectivity index (χ3v) is 4.39. The van der Waals surface area contributed by atoms with Gasteiger partial charge >= 0.3 is 0 Å². The van der Waals surface area contributed by atoms with Crippen molar-refractivity contribution in [3.63, 3.8) is 0 Å². The number of aliphatic hydroxyl groups is 1. The Bertz CT molecular complexity index is 756. The summed E-state index contributed by atoms with van der Waals surface area (Å²) in [4.78, 5) is -0.0747. The van der Waals surface area contributed by atoms with E-state index in [0.717, 1.165) is 6.07 Å². The van der Waals surface area contributed by atoms with E-state index < -0.39 is 22.4 Å². The molecule has 0 atom stereocenters. The molecule has 1 aromatic carbocycles. The van der Waals surface area contributed by atoms with E-state index in [1.807, 2.05) is 0 Å². The van der Waals surface area contributed by atoms with Crippen LogP contribution >= 0.6 is 0 Å². The number of aromatic nitrogens is 2. The summed E-state index contributed by atoms with van der Waals surface area (Å²) in [6.07, 6.45) is 3.25. The Morgan fingerprint density at radius 2 is 2.14 bits per heavy atom. The number of benzene rings is 1. The van der Waals surface area contributed by atoms with Gasteiger partial charge in [-0.25, -0.2) is 17.5 Å². The molecule has 1 aromatic heterocycles. The average molecular weight is 313 g/mol. The van der Waals surface area contributed by atoms with E-state index in [4.69, 9.17) is 5.11 Å². The Morgan fingerprint density at radius 1 is 1.43 bits per heavy atom. The van der Waals surface area contributed by atoms with Gasteiger partial charge in [-0.05, 0) is 24.6 Å². The van der Waals surface area contributed by atoms with Crippen molar-refractivity contribution in [3.05, 3.63) is 47.0 Å². The highest BCUT2D eigenvalue weighted by Gasteiger charge is 2.18. The van der Waals surface area contributed by atoms with E-state index in [1.54, 1.807) is 24.1 Å². The largest absolute Gasteiger partial charge is 0.392 e. The number of halogens is 1. The second-order valence-corrected chi connectivity index (χ2v) is 6.49. The van der Waals surface area contributed by atoms with Gasteiger partial charge in [-0.3, -0.25) is 4.68 Å². The molecule has 1 heterocycles. The molecule has 6 nitrogen and oxygen atoms in total. The number of sulfonamides is 1. The molecule has 0 saturated carbocycles. The summed E-state index contributed by atoms with van der Waals surface area (Å²) >= 11 is 0. The topological polar surface area (TPSA) is 84.2 Å². The predicted octanol–water partition coefficient (Wildman–Crippen LogP) is 0.838. The first-order valence-electron chi connectivity index (χ1n) is 6.20. The maximum Gasteiger partial charge on any atom is 0.240 e. The highest BCUT2D eigenvalue weighted by atomic mass is 32.2. The Balaban J connectivity index is 2.25. The number of aliphatic hydroxyl groups excluding tert-OH is 1. The van der Waals surface area contributed by atoms with Crippen LogP contribution < -0.4 is 4.72 Å². The number of nitrogens with zero attached hydrogens (tertiary/aromatic N) is 2. The quantitative estimate of drug-likeness (QED) is 0.856. The van der Waals surface area contributed by atoms with E-state index in [0.29, 0.717) is 5.56 Å². The van der Waals surface area contributed by atoms with Gasteiger partial charge in [0.25, 0.3) is 0 Å². The van der Waals surface area contributed by atoms with Crippen molar-refractivity contribution in [1.29, 1.82) is 0 Å². The van der Waals surface area contributed by atoms with Crippen LogP contribution in [0.15, 0.2) is 29.4 Å². The number of aryl methyl sites for hydroxylation is 2. The lowest BCUT2D eigenvalue weighted by molar-refractivity contribution is 0.275. The van der Waals surface area contributed by atoms with Gasteiger partial charge in [0.05, 0.1) is 17.7 Å². The van der Waals surface area contributed by atoms with Crippen molar-refractivity contribution in [3.8, 4) is 0 Å². The summed E-state index contributed by atoms with van der Waals surface area (Å²) < 4.78 is 42.0. The Hall–Kier alpha value is -1.77. The van der Waals surface area contributed by atoms with Gasteiger partial charge in [0.15, 0.2) is 0 Å². The zero-order valence-electron chi connectivity index (χ0n) is 11.7. The van der Waals surface area contributed by atoms with Gasteiger partial charge in [0.1, 0.15) is 5.82 Å². The molecule has 2 N–H and O–H groups in total. The molecule has 0 bridgehead atoms. The molecule has 0 spiro atoms. The SMILES string of the molecule is Cc1cc(S(=O)(=O)NCc2cnn(C)c2)cc(CO)c1F. The van der Waals surface area contributed by atoms with Crippen molar-refractivity contribution < 1.29 is 17.9 Å². The molecule has 21 heavy (non-hydrogen) atoms. The normalized spacial score (nSPS) is 11.8. The first kappa shape index (κ1) is 15.6. The predicted molar refractivity (Wildman–Crippen MR) is 74.3 cm³/mol. The fourth-order valence-electron chi connectivity index (χ4n) is 1.90. The van der Waals surface area contributed by atoms with E-state index >= 15 is 0 Å². The van der Waals surface area contributed by atoms with Gasteiger partial charge in [0.2, 0.25) is 10.0 Å². The van der Waals surface area contributed by atoms with Crippen molar-refractivity contribution in [2.75, 3.05) is 0 Å². The third-order valence-electron chi connectivity index (χ3n) is 3.01. The molecule has 0 aliphatic heterocycles. The van der Waals surface area contributed by atoms with Crippen LogP contribution in [0.5, 0.6) is 0 Å². The van der Waals surface area contributed by atoms with Crippen LogP contribution in [-0.4, -0.2) is 23.3 Å². The summed E-state index contributed by atoms with van der Waals surface area (Å²) in [5, 5.41) is 13.0. The highest BCUT2D eigenvalue weighted by Crippen LogP contribution is 2.19. The molecular formula is C13H16FN3O3S. The number of rotatable bonds is 5. The fourth-order valence-corrected chi connectivity index (χ4v) is 3.05. The molecule has 0 unspecified atom stereocenters. The fraction of sp³-hybridized carbons (Fsp3) is 0.308. The standard InChI is InChI=1S/C13H16FN3O3S/c1-9-3-12(4-11(8-18)13(9)14)21(19,20)16-6-10-5-15-17(2)7-10/h3-5,7,16,18H,6,8H2,1-2H3. The van der Waals surface area contributed by atoms with Crippen LogP contribution in [0.1, 0.15) is 16.7 Å². The zero-order chi connectivity index (χ0) is 15.6. The first-order valence-corrected chi connectivity index (χ1v) is 7.69. The molecule has 0 fully saturated rings. The average Bonchev–Trinajstić information content (AvgIpc) is 2.85. The second-order valence-electron chi connectivity index (χ2n) is 4.72. The smallest absolute Gasteiger partial charge is 0.240 e. The van der Waals surface area contributed by atoms with Gasteiger partial charge in [-0.2, -0.15) is 5.10 Å². The number of nitrogens with one attached hydrogen (secondary N) is 1. The number of hydrogen-bond acceptors (Lipinski definition) is 4. The minimum absolute atomic E-state index is 0.0447. The second kappa shape index (κ2) is 5.92. The third kappa shape index (κ3) is 3.46. The molecule has 0 amide bonds. The van der Waals surface area contributed by atoms with Crippen LogP contribution in [0.2, 0.25) is 0 Å². The van der Waals surface area contributed by atoms with Crippen LogP contribution in [0.3, 0.4) is 0 Å². The monoisotopic (exact) mass is 313 g/mol. The van der Waals surface area contributed by atoms with Crippen molar-refractivity contribution in [2.45, 2.75) is 25.0 Å². The van der Waals surface area contributed by atoms with Crippen LogP contribution in [0.4, 0.5) is 4.39 Å². The molecule has 0 aliphatic carbocycles. The van der Waals surface area contributed by atoms with Gasteiger partial charge in [0, 0.05) is 30.9 Å². The van der Waals surface area contributed by atoms with Crippen molar-refractivity contribution >= 4 is 10.0 Å². The Labute approximate surface area is 122 Å². The van der Waals surface area contributed by atoms with Gasteiger partial charge < -0.3 is 5.11 Å². The Kier molecular flexibility index (Phi) is 4.40. The van der Waals surface area contributed by atoms with Gasteiger partial charge in [-0.15, -0.1) is 0 Å². The lowest BCUT2D eigenvalue weighted by Gasteiger charge is -2.09. The number of hydrogen-bond donors (Lipinski definition) is 2. The zero-order valence-corrected chi connectivity index (χ0v) is 12.5. The highest BCUT2D eigenvalue weighted by molar-refractivity contribution is 7.89. The van der Waals surface area contributed by atoms with Crippen molar-refractivity contribution in [1.82, 2.24) is 14.5 Å². The minimum Gasteiger partial charge on any atom is -0.392 e. The van der Waals surface area contributed by atoms with Gasteiger partial charge in [-0.1, -0.05) is 0 Å². The lowest BCUT2D eigenvalue weighted by atomic mass is 10.1. The van der Waals surface area contributed by atoms with Crippen LogP contribution in [0.25, 0.3) is 0 Å². The molecule has 114 valence electrons. The van der Waals surface area contributed by atoms with E-state index in [2.05, 4.69) is 9.82 Å². The minimum atomic E-state index is -3.79. The maximum absolute atomic E-state index is 13.6. The molecule has 8 heteroatoms. The molecule has 0 aliphatic rings. The van der Waals surface area contributed by atoms with Crippen LogP contribution in [-0.2, 0) is 30.2 Å². The summed E-state index contributed by atoms with van der Waals surface area (Å²) in [6, 6.07) is 2.37. The first-order chi connectivity index (χ1) is 9.83. The van der Waals surface area contributed by atoms with E-state index in [9.17, 15) is 12.8 Å². The summed E-state index contributed by atoms with van der Waals surface area (Å²) in [7, 11) is -2.05. The summed E-state index contributed by atoms with van der Waals surface area (Å²) in [5.41, 5.74) is 0.836. The maximum atomic E-state index is 13.6. The lowest BCUT2D eigenvalue weighted by Crippen LogP contribution is -2.23. The molecule has 0 saturated heterocycles. The molecular weight excluding hydrogens is 297 g/mol. The van der Waals surface area contributed by atoms with Crippen molar-refractivity contribution in [2.24, 2.45) is 7.05 Å². The van der Waals surface area contributed by atoms with E-state index in [1.165, 1.54) is 13.0 Å². The summed E-state index contributed by atoms with van der Waals surface area (Å²) in [6.45, 7) is 0.980. The van der Waals surface area contributed by atoms with E-state index in [-0.39, 0.29) is 22.6 Å². The molecule has 0 radical (unpaired) electrons.